The number of fused-ring (bicyclic) bond motifs is 1. The number of hydrogen-bond acceptors (Lipinski definition) is 3. The Hall–Kier alpha value is -1.14. The Kier molecular flexibility index (Phi) is 3.69. The third-order valence-electron chi connectivity index (χ3n) is 4.30. The van der Waals surface area contributed by atoms with Crippen molar-refractivity contribution in [1.29, 1.82) is 0 Å². The van der Waals surface area contributed by atoms with Crippen LogP contribution in [0.4, 0.5) is 0 Å². The van der Waals surface area contributed by atoms with E-state index in [9.17, 15) is 0 Å². The van der Waals surface area contributed by atoms with E-state index in [2.05, 4.69) is 38.2 Å². The molecule has 2 aromatic rings. The lowest BCUT2D eigenvalue weighted by molar-refractivity contribution is 0.195. The molecule has 0 radical (unpaired) electrons. The Morgan fingerprint density at radius 2 is 2.25 bits per heavy atom. The van der Waals surface area contributed by atoms with Gasteiger partial charge in [0.1, 0.15) is 5.52 Å². The number of nitrogens with one attached hydrogen (secondary N) is 1. The van der Waals surface area contributed by atoms with Gasteiger partial charge in [-0.25, -0.2) is 4.68 Å². The highest BCUT2D eigenvalue weighted by Crippen LogP contribution is 2.22. The van der Waals surface area contributed by atoms with Gasteiger partial charge in [-0.15, -0.1) is 0 Å². The topological polar surface area (TPSA) is 41.8 Å². The van der Waals surface area contributed by atoms with Crippen LogP contribution in [0.1, 0.15) is 25.5 Å². The number of rotatable bonds is 3. The number of nitrogens with zero attached hydrogens (tertiary/aromatic N) is 4. The van der Waals surface area contributed by atoms with Crippen LogP contribution in [0.5, 0.6) is 0 Å². The molecule has 1 atom stereocenters. The zero-order chi connectivity index (χ0) is 14.3. The van der Waals surface area contributed by atoms with Crippen molar-refractivity contribution < 1.29 is 0 Å². The molecule has 20 heavy (non-hydrogen) atoms. The summed E-state index contributed by atoms with van der Waals surface area (Å²) in [6, 6.07) is 0. The summed E-state index contributed by atoms with van der Waals surface area (Å²) in [5, 5.41) is 4.59. The van der Waals surface area contributed by atoms with Crippen LogP contribution in [0.15, 0.2) is 0 Å². The van der Waals surface area contributed by atoms with Crippen molar-refractivity contribution in [3.63, 3.8) is 0 Å². The molecule has 0 bridgehead atoms. The van der Waals surface area contributed by atoms with Crippen molar-refractivity contribution in [3.05, 3.63) is 10.5 Å². The lowest BCUT2D eigenvalue weighted by Gasteiger charge is -2.29. The molecule has 1 aliphatic rings. The summed E-state index contributed by atoms with van der Waals surface area (Å²) in [6.45, 7) is 8.42. The number of hydrogen-bond donors (Lipinski definition) is 1. The first-order valence-corrected chi connectivity index (χ1v) is 7.85. The molecule has 110 valence electrons. The minimum atomic E-state index is 0.681. The standard InChI is InChI=1S/C14H23N5S/c1-4-19-13-12(10(2)16-19)15-14(20)18(13)9-11-6-5-7-17(3)8-11/h11H,4-9H2,1-3H3,(H,15,20). The Balaban J connectivity index is 1.98. The predicted molar refractivity (Wildman–Crippen MR) is 83.5 cm³/mol. The molecule has 1 unspecified atom stereocenters. The van der Waals surface area contributed by atoms with E-state index >= 15 is 0 Å². The van der Waals surface area contributed by atoms with Gasteiger partial charge >= 0.3 is 0 Å². The minimum Gasteiger partial charge on any atom is -0.328 e. The van der Waals surface area contributed by atoms with Crippen LogP contribution in [-0.4, -0.2) is 44.4 Å². The Labute approximate surface area is 124 Å². The quantitative estimate of drug-likeness (QED) is 0.884. The number of aromatic nitrogens is 4. The fourth-order valence-corrected chi connectivity index (χ4v) is 3.59. The van der Waals surface area contributed by atoms with E-state index < -0.39 is 0 Å². The molecule has 0 aliphatic carbocycles. The summed E-state index contributed by atoms with van der Waals surface area (Å²) in [5.74, 6) is 0.681. The zero-order valence-corrected chi connectivity index (χ0v) is 13.3. The first kappa shape index (κ1) is 13.8. The number of aromatic amines is 1. The van der Waals surface area contributed by atoms with Crippen molar-refractivity contribution in [1.82, 2.24) is 24.2 Å². The van der Waals surface area contributed by atoms with E-state index in [0.717, 1.165) is 41.3 Å². The second kappa shape index (κ2) is 5.33. The van der Waals surface area contributed by atoms with Crippen molar-refractivity contribution in [2.24, 2.45) is 5.92 Å². The second-order valence-electron chi connectivity index (χ2n) is 5.91. The van der Waals surface area contributed by atoms with E-state index in [1.165, 1.54) is 19.4 Å². The van der Waals surface area contributed by atoms with Crippen LogP contribution in [-0.2, 0) is 13.1 Å². The SMILES string of the molecule is CCn1nc(C)c2[nH]c(=S)n(CC3CCCN(C)C3)c21. The molecule has 1 fully saturated rings. The summed E-state index contributed by atoms with van der Waals surface area (Å²) in [4.78, 5) is 5.75. The van der Waals surface area contributed by atoms with Gasteiger partial charge in [0.15, 0.2) is 10.4 Å². The Bertz CT molecular complexity index is 665. The highest BCUT2D eigenvalue weighted by Gasteiger charge is 2.21. The maximum atomic E-state index is 5.52. The lowest BCUT2D eigenvalue weighted by Crippen LogP contribution is -2.34. The molecule has 3 rings (SSSR count). The number of likely N-dealkylation sites (tertiary alicyclic amines) is 1. The van der Waals surface area contributed by atoms with Gasteiger partial charge in [0, 0.05) is 19.6 Å². The van der Waals surface area contributed by atoms with Gasteiger partial charge < -0.3 is 14.5 Å². The molecule has 0 amide bonds. The third kappa shape index (κ3) is 2.31. The molecule has 1 saturated heterocycles. The molecule has 2 aromatic heterocycles. The fourth-order valence-electron chi connectivity index (χ4n) is 3.33. The van der Waals surface area contributed by atoms with Crippen molar-refractivity contribution in [2.75, 3.05) is 20.1 Å². The average Bonchev–Trinajstić information content (AvgIpc) is 2.89. The van der Waals surface area contributed by atoms with E-state index in [4.69, 9.17) is 12.2 Å². The van der Waals surface area contributed by atoms with Crippen LogP contribution < -0.4 is 0 Å². The molecule has 0 saturated carbocycles. The first-order chi connectivity index (χ1) is 9.60. The van der Waals surface area contributed by atoms with E-state index in [1.54, 1.807) is 0 Å². The van der Waals surface area contributed by atoms with Gasteiger partial charge in [-0.3, -0.25) is 0 Å². The largest absolute Gasteiger partial charge is 0.328 e. The van der Waals surface area contributed by atoms with Crippen LogP contribution in [0.25, 0.3) is 11.2 Å². The van der Waals surface area contributed by atoms with E-state index in [-0.39, 0.29) is 0 Å². The summed E-state index contributed by atoms with van der Waals surface area (Å²) in [7, 11) is 2.21. The van der Waals surface area contributed by atoms with Gasteiger partial charge in [-0.05, 0) is 58.4 Å². The minimum absolute atomic E-state index is 0.681. The fraction of sp³-hybridized carbons (Fsp3) is 0.714. The van der Waals surface area contributed by atoms with Crippen molar-refractivity contribution >= 4 is 23.4 Å². The molecule has 6 heteroatoms. The molecular weight excluding hydrogens is 270 g/mol. The predicted octanol–water partition coefficient (Wildman–Crippen LogP) is 2.57. The van der Waals surface area contributed by atoms with Crippen molar-refractivity contribution in [2.45, 2.75) is 39.8 Å². The highest BCUT2D eigenvalue weighted by atomic mass is 32.1. The zero-order valence-electron chi connectivity index (χ0n) is 12.5. The van der Waals surface area contributed by atoms with Gasteiger partial charge in [-0.1, -0.05) is 0 Å². The summed E-state index contributed by atoms with van der Waals surface area (Å²) >= 11 is 5.52. The molecule has 3 heterocycles. The number of piperidine rings is 1. The van der Waals surface area contributed by atoms with Gasteiger partial charge in [0.05, 0.1) is 5.69 Å². The Morgan fingerprint density at radius 3 is 2.95 bits per heavy atom. The summed E-state index contributed by atoms with van der Waals surface area (Å²) in [5.41, 5.74) is 3.29. The van der Waals surface area contributed by atoms with Gasteiger partial charge in [0.2, 0.25) is 0 Å². The lowest BCUT2D eigenvalue weighted by atomic mass is 9.98. The molecule has 1 aliphatic heterocycles. The maximum absolute atomic E-state index is 5.52. The van der Waals surface area contributed by atoms with Crippen LogP contribution in [0.3, 0.4) is 0 Å². The molecule has 1 N–H and O–H groups in total. The summed E-state index contributed by atoms with van der Waals surface area (Å²) in [6.07, 6.45) is 2.58. The number of imidazole rings is 1. The van der Waals surface area contributed by atoms with E-state index in [1.807, 2.05) is 6.92 Å². The molecular formula is C14H23N5S. The third-order valence-corrected chi connectivity index (χ3v) is 4.62. The highest BCUT2D eigenvalue weighted by molar-refractivity contribution is 7.71. The first-order valence-electron chi connectivity index (χ1n) is 7.44. The van der Waals surface area contributed by atoms with E-state index in [0.29, 0.717) is 5.92 Å². The van der Waals surface area contributed by atoms with Gasteiger partial charge in [-0.2, -0.15) is 5.10 Å². The normalized spacial score (nSPS) is 20.9. The van der Waals surface area contributed by atoms with Crippen LogP contribution in [0.2, 0.25) is 0 Å². The number of aryl methyl sites for hydroxylation is 2. The molecule has 5 nitrogen and oxygen atoms in total. The van der Waals surface area contributed by atoms with Crippen LogP contribution in [0, 0.1) is 17.6 Å². The molecule has 0 aromatic carbocycles. The average molecular weight is 293 g/mol. The monoisotopic (exact) mass is 293 g/mol. The maximum Gasteiger partial charge on any atom is 0.179 e. The van der Waals surface area contributed by atoms with Crippen LogP contribution >= 0.6 is 12.2 Å². The number of H-pyrrole nitrogens is 1. The smallest absolute Gasteiger partial charge is 0.179 e. The van der Waals surface area contributed by atoms with Gasteiger partial charge in [0.25, 0.3) is 0 Å². The molecule has 0 spiro atoms. The van der Waals surface area contributed by atoms with Crippen molar-refractivity contribution in [3.8, 4) is 0 Å². The summed E-state index contributed by atoms with van der Waals surface area (Å²) < 4.78 is 5.14. The second-order valence-corrected chi connectivity index (χ2v) is 6.30. The Morgan fingerprint density at radius 1 is 1.45 bits per heavy atom.